The maximum Gasteiger partial charge on any atom is 0.252 e. The third-order valence-electron chi connectivity index (χ3n) is 4.19. The first-order valence-electron chi connectivity index (χ1n) is 7.70. The van der Waals surface area contributed by atoms with Gasteiger partial charge < -0.3 is 15.0 Å². The zero-order valence-electron chi connectivity index (χ0n) is 12.5. The summed E-state index contributed by atoms with van der Waals surface area (Å²) in [5, 5.41) is 4.09. The van der Waals surface area contributed by atoms with Gasteiger partial charge in [0.1, 0.15) is 0 Å². The van der Waals surface area contributed by atoms with Crippen LogP contribution in [0.3, 0.4) is 0 Å². The molecule has 4 rings (SSSR count). The summed E-state index contributed by atoms with van der Waals surface area (Å²) in [5.74, 6) is -0.0205. The second-order valence-electron chi connectivity index (χ2n) is 5.69. The molecule has 0 radical (unpaired) electrons. The highest BCUT2D eigenvalue weighted by Gasteiger charge is 2.19. The number of ether oxygens (including phenoxy) is 1. The lowest BCUT2D eigenvalue weighted by molar-refractivity contribution is 0.0697. The van der Waals surface area contributed by atoms with Crippen LogP contribution in [0, 0.1) is 0 Å². The lowest BCUT2D eigenvalue weighted by Crippen LogP contribution is -2.38. The van der Waals surface area contributed by atoms with Gasteiger partial charge >= 0.3 is 0 Å². The van der Waals surface area contributed by atoms with Crippen molar-refractivity contribution < 1.29 is 9.53 Å². The first-order valence-corrected chi connectivity index (χ1v) is 8.58. The number of fused-ring (bicyclic) bond motifs is 1. The Morgan fingerprint density at radius 1 is 1.35 bits per heavy atom. The van der Waals surface area contributed by atoms with Crippen molar-refractivity contribution >= 4 is 28.1 Å². The van der Waals surface area contributed by atoms with Crippen LogP contribution in [-0.2, 0) is 4.74 Å². The second kappa shape index (κ2) is 6.14. The molecule has 5 nitrogen and oxygen atoms in total. The predicted molar refractivity (Wildman–Crippen MR) is 90.7 cm³/mol. The minimum absolute atomic E-state index is 0.0205. The highest BCUT2D eigenvalue weighted by Crippen LogP contribution is 2.29. The number of benzene rings is 1. The average molecular weight is 327 g/mol. The highest BCUT2D eigenvalue weighted by molar-refractivity contribution is 7.13. The number of carbonyl (C=O) groups is 1. The number of nitrogens with zero attached hydrogens (tertiary/aromatic N) is 1. The molecule has 3 aromatic rings. The van der Waals surface area contributed by atoms with E-state index in [0.29, 0.717) is 18.8 Å². The molecule has 0 unspecified atom stereocenters. The fourth-order valence-electron chi connectivity index (χ4n) is 2.96. The third kappa shape index (κ3) is 2.87. The zero-order chi connectivity index (χ0) is 15.6. The van der Waals surface area contributed by atoms with E-state index in [1.54, 1.807) is 16.8 Å². The summed E-state index contributed by atoms with van der Waals surface area (Å²) in [5.41, 5.74) is 4.49. The molecule has 1 saturated heterocycles. The summed E-state index contributed by atoms with van der Waals surface area (Å²) in [6.45, 7) is 1.43. The molecule has 6 heteroatoms. The Bertz CT molecular complexity index is 820. The Labute approximate surface area is 137 Å². The fraction of sp³-hybridized carbons (Fsp3) is 0.294. The van der Waals surface area contributed by atoms with Crippen LogP contribution < -0.4 is 5.32 Å². The first-order chi connectivity index (χ1) is 11.3. The summed E-state index contributed by atoms with van der Waals surface area (Å²) < 4.78 is 5.35. The fourth-order valence-corrected chi connectivity index (χ4v) is 3.57. The van der Waals surface area contributed by atoms with Crippen LogP contribution in [0.15, 0.2) is 36.1 Å². The number of aromatic nitrogens is 2. The van der Waals surface area contributed by atoms with Gasteiger partial charge in [0.25, 0.3) is 5.91 Å². The van der Waals surface area contributed by atoms with Crippen molar-refractivity contribution in [1.82, 2.24) is 15.3 Å². The summed E-state index contributed by atoms with van der Waals surface area (Å²) in [6.07, 6.45) is 5.44. The molecule has 1 aliphatic rings. The highest BCUT2D eigenvalue weighted by atomic mass is 32.1. The summed E-state index contributed by atoms with van der Waals surface area (Å²) in [4.78, 5) is 21.2. The lowest BCUT2D eigenvalue weighted by Gasteiger charge is -2.23. The van der Waals surface area contributed by atoms with Crippen LogP contribution in [0.2, 0.25) is 0 Å². The van der Waals surface area contributed by atoms with E-state index in [4.69, 9.17) is 4.74 Å². The molecule has 1 amide bonds. The van der Waals surface area contributed by atoms with Crippen molar-refractivity contribution in [2.24, 2.45) is 0 Å². The monoisotopic (exact) mass is 327 g/mol. The van der Waals surface area contributed by atoms with E-state index in [1.165, 1.54) is 0 Å². The normalized spacial score (nSPS) is 15.8. The molecule has 0 atom stereocenters. The van der Waals surface area contributed by atoms with Crippen LogP contribution in [-0.4, -0.2) is 35.1 Å². The van der Waals surface area contributed by atoms with Crippen molar-refractivity contribution in [3.63, 3.8) is 0 Å². The van der Waals surface area contributed by atoms with Crippen molar-refractivity contribution in [3.05, 3.63) is 41.7 Å². The second-order valence-corrected chi connectivity index (χ2v) is 6.57. The zero-order valence-corrected chi connectivity index (χ0v) is 13.4. The van der Waals surface area contributed by atoms with Crippen molar-refractivity contribution in [3.8, 4) is 10.4 Å². The molecular weight excluding hydrogens is 310 g/mol. The molecule has 2 aromatic heterocycles. The maximum absolute atomic E-state index is 12.8. The largest absolute Gasteiger partial charge is 0.381 e. The Kier molecular flexibility index (Phi) is 3.85. The molecule has 2 N–H and O–H groups in total. The number of rotatable bonds is 3. The topological polar surface area (TPSA) is 67.0 Å². The molecule has 3 heterocycles. The van der Waals surface area contributed by atoms with E-state index >= 15 is 0 Å². The van der Waals surface area contributed by atoms with E-state index in [-0.39, 0.29) is 11.9 Å². The van der Waals surface area contributed by atoms with Crippen LogP contribution in [0.4, 0.5) is 0 Å². The number of aromatic amines is 1. The summed E-state index contributed by atoms with van der Waals surface area (Å²) in [6, 6.07) is 6.16. The molecule has 0 aliphatic carbocycles. The van der Waals surface area contributed by atoms with Gasteiger partial charge in [0.05, 0.1) is 10.4 Å². The molecule has 23 heavy (non-hydrogen) atoms. The molecule has 118 valence electrons. The van der Waals surface area contributed by atoms with Gasteiger partial charge in [-0.05, 0) is 36.6 Å². The number of thiazole rings is 1. The molecule has 0 spiro atoms. The summed E-state index contributed by atoms with van der Waals surface area (Å²) in [7, 11) is 0. The van der Waals surface area contributed by atoms with Gasteiger partial charge in [-0.25, -0.2) is 0 Å². The van der Waals surface area contributed by atoms with Crippen LogP contribution >= 0.6 is 11.3 Å². The van der Waals surface area contributed by atoms with E-state index in [9.17, 15) is 4.79 Å². The standard InChI is InChI=1S/C17H17N3O2S/c21-17(20-12-2-5-22-6-3-12)14-7-11(16-9-18-10-23-16)8-15-13(14)1-4-19-15/h1,4,7-10,12,19H,2-3,5-6H2,(H,20,21). The smallest absolute Gasteiger partial charge is 0.252 e. The Balaban J connectivity index is 1.69. The van der Waals surface area contributed by atoms with Crippen LogP contribution in [0.1, 0.15) is 23.2 Å². The van der Waals surface area contributed by atoms with E-state index < -0.39 is 0 Å². The van der Waals surface area contributed by atoms with Crippen molar-refractivity contribution in [2.75, 3.05) is 13.2 Å². The van der Waals surface area contributed by atoms with Crippen LogP contribution in [0.5, 0.6) is 0 Å². The molecule has 0 saturated carbocycles. The lowest BCUT2D eigenvalue weighted by atomic mass is 10.0. The first kappa shape index (κ1) is 14.4. The number of carbonyl (C=O) groups excluding carboxylic acids is 1. The molecule has 0 bridgehead atoms. The van der Waals surface area contributed by atoms with Gasteiger partial charge in [0.15, 0.2) is 0 Å². The predicted octanol–water partition coefficient (Wildman–Crippen LogP) is 3.20. The van der Waals surface area contributed by atoms with Gasteiger partial charge in [-0.2, -0.15) is 0 Å². The van der Waals surface area contributed by atoms with E-state index in [2.05, 4.69) is 21.4 Å². The van der Waals surface area contributed by atoms with Crippen LogP contribution in [0.25, 0.3) is 21.3 Å². The van der Waals surface area contributed by atoms with Crippen molar-refractivity contribution in [1.29, 1.82) is 0 Å². The number of hydrogen-bond acceptors (Lipinski definition) is 4. The van der Waals surface area contributed by atoms with Gasteiger partial charge in [-0.3, -0.25) is 9.78 Å². The summed E-state index contributed by atoms with van der Waals surface area (Å²) >= 11 is 1.57. The number of nitrogens with one attached hydrogen (secondary N) is 2. The minimum atomic E-state index is -0.0205. The molecule has 1 fully saturated rings. The van der Waals surface area contributed by atoms with Gasteiger partial charge in [0, 0.05) is 48.1 Å². The molecular formula is C17H17N3O2S. The van der Waals surface area contributed by atoms with Gasteiger partial charge in [-0.1, -0.05) is 0 Å². The maximum atomic E-state index is 12.8. The minimum Gasteiger partial charge on any atom is -0.381 e. The molecule has 1 aliphatic heterocycles. The Hall–Kier alpha value is -2.18. The third-order valence-corrected chi connectivity index (χ3v) is 5.01. The van der Waals surface area contributed by atoms with E-state index in [0.717, 1.165) is 34.2 Å². The molecule has 1 aromatic carbocycles. The number of H-pyrrole nitrogens is 1. The van der Waals surface area contributed by atoms with Gasteiger partial charge in [0.2, 0.25) is 0 Å². The Morgan fingerprint density at radius 3 is 3.00 bits per heavy atom. The number of hydrogen-bond donors (Lipinski definition) is 2. The van der Waals surface area contributed by atoms with E-state index in [1.807, 2.05) is 24.5 Å². The van der Waals surface area contributed by atoms with Crippen molar-refractivity contribution in [2.45, 2.75) is 18.9 Å². The average Bonchev–Trinajstić information content (AvgIpc) is 3.26. The SMILES string of the molecule is O=C(NC1CCOCC1)c1cc(-c2cncs2)cc2[nH]ccc12. The van der Waals surface area contributed by atoms with Gasteiger partial charge in [-0.15, -0.1) is 11.3 Å². The Morgan fingerprint density at radius 2 is 2.22 bits per heavy atom. The quantitative estimate of drug-likeness (QED) is 0.776. The number of amides is 1.